The van der Waals surface area contributed by atoms with Crippen LogP contribution in [0.3, 0.4) is 0 Å². The maximum Gasteiger partial charge on any atom is 0.102 e. The number of nitriles is 1. The van der Waals surface area contributed by atoms with E-state index in [4.69, 9.17) is 22.6 Å². The lowest BCUT2D eigenvalue weighted by Crippen LogP contribution is -1.99. The van der Waals surface area contributed by atoms with E-state index in [1.54, 1.807) is 18.2 Å². The molecule has 3 N–H and O–H groups in total. The number of nitrogens with zero attached hydrogens (tertiary/aromatic N) is 1. The topological polar surface area (TPSA) is 61.8 Å². The highest BCUT2D eigenvalue weighted by Gasteiger charge is 2.06. The molecule has 0 fully saturated rings. The Kier molecular flexibility index (Phi) is 3.40. The summed E-state index contributed by atoms with van der Waals surface area (Å²) in [5, 5.41) is 12.9. The lowest BCUT2D eigenvalue weighted by atomic mass is 10.1. The van der Waals surface area contributed by atoms with Crippen molar-refractivity contribution in [3.05, 3.63) is 52.5 Å². The molecule has 0 aromatic heterocycles. The third kappa shape index (κ3) is 2.39. The van der Waals surface area contributed by atoms with Crippen LogP contribution < -0.4 is 11.1 Å². The lowest BCUT2D eigenvalue weighted by Gasteiger charge is -2.12. The molecule has 0 radical (unpaired) electrons. The summed E-state index contributed by atoms with van der Waals surface area (Å²) in [5.41, 5.74) is 9.44. The number of aryl methyl sites for hydroxylation is 1. The fourth-order valence-electron chi connectivity index (χ4n) is 1.71. The van der Waals surface area contributed by atoms with Crippen molar-refractivity contribution in [1.29, 1.82) is 5.26 Å². The molecule has 0 atom stereocenters. The van der Waals surface area contributed by atoms with Crippen molar-refractivity contribution < 1.29 is 0 Å². The van der Waals surface area contributed by atoms with E-state index >= 15 is 0 Å². The van der Waals surface area contributed by atoms with Gasteiger partial charge in [-0.3, -0.25) is 0 Å². The molecule has 0 aliphatic heterocycles. The van der Waals surface area contributed by atoms with Gasteiger partial charge in [0.15, 0.2) is 0 Å². The molecule has 90 valence electrons. The minimum atomic E-state index is 0.549. The number of hydrogen-bond acceptors (Lipinski definition) is 3. The first kappa shape index (κ1) is 12.3. The summed E-state index contributed by atoms with van der Waals surface area (Å²) < 4.78 is 0. The van der Waals surface area contributed by atoms with E-state index in [9.17, 15) is 0 Å². The van der Waals surface area contributed by atoms with E-state index in [1.165, 1.54) is 0 Å². The van der Waals surface area contributed by atoms with Crippen molar-refractivity contribution in [3.8, 4) is 6.07 Å². The van der Waals surface area contributed by atoms with Crippen LogP contribution in [0.5, 0.6) is 0 Å². The number of hydrogen-bond donors (Lipinski definition) is 2. The molecule has 0 bridgehead atoms. The first-order valence-electron chi connectivity index (χ1n) is 5.43. The van der Waals surface area contributed by atoms with Crippen LogP contribution in [-0.4, -0.2) is 0 Å². The third-order valence-corrected chi connectivity index (χ3v) is 2.90. The summed E-state index contributed by atoms with van der Waals surface area (Å²) >= 11 is 5.84. The number of nitrogens with one attached hydrogen (secondary N) is 1. The van der Waals surface area contributed by atoms with E-state index < -0.39 is 0 Å². The first-order chi connectivity index (χ1) is 8.61. The van der Waals surface area contributed by atoms with Gasteiger partial charge >= 0.3 is 0 Å². The molecule has 0 saturated carbocycles. The monoisotopic (exact) mass is 257 g/mol. The standard InChI is InChI=1S/C14H12ClN3/c1-9-3-2-4-13(11(9)8-16)18-14-6-5-10(15)7-12(14)17/h2-7,18H,17H2,1H3. The van der Waals surface area contributed by atoms with Gasteiger partial charge in [0.1, 0.15) is 6.07 Å². The van der Waals surface area contributed by atoms with Crippen LogP contribution in [-0.2, 0) is 0 Å². The normalized spacial score (nSPS) is 9.83. The zero-order chi connectivity index (χ0) is 13.1. The van der Waals surface area contributed by atoms with Crippen LogP contribution in [0, 0.1) is 18.3 Å². The van der Waals surface area contributed by atoms with Crippen molar-refractivity contribution in [1.82, 2.24) is 0 Å². The van der Waals surface area contributed by atoms with Gasteiger partial charge < -0.3 is 11.1 Å². The maximum atomic E-state index is 9.15. The molecule has 4 heteroatoms. The fourth-order valence-corrected chi connectivity index (χ4v) is 1.89. The van der Waals surface area contributed by atoms with E-state index in [1.807, 2.05) is 25.1 Å². The fraction of sp³-hybridized carbons (Fsp3) is 0.0714. The van der Waals surface area contributed by atoms with Crippen LogP contribution in [0.1, 0.15) is 11.1 Å². The van der Waals surface area contributed by atoms with Crippen LogP contribution in [0.4, 0.5) is 17.1 Å². The minimum absolute atomic E-state index is 0.549. The van der Waals surface area contributed by atoms with E-state index in [2.05, 4.69) is 11.4 Å². The van der Waals surface area contributed by atoms with Gasteiger partial charge in [-0.25, -0.2) is 0 Å². The quantitative estimate of drug-likeness (QED) is 0.804. The number of anilines is 3. The van der Waals surface area contributed by atoms with Gasteiger partial charge in [0.2, 0.25) is 0 Å². The highest BCUT2D eigenvalue weighted by atomic mass is 35.5. The molecule has 0 spiro atoms. The average Bonchev–Trinajstić information content (AvgIpc) is 2.33. The second-order valence-corrected chi connectivity index (χ2v) is 4.40. The van der Waals surface area contributed by atoms with E-state index in [-0.39, 0.29) is 0 Å². The number of nitrogen functional groups attached to an aromatic ring is 1. The molecule has 0 aliphatic rings. The molecular formula is C14H12ClN3. The Balaban J connectivity index is 2.41. The molecule has 2 aromatic carbocycles. The number of rotatable bonds is 2. The highest BCUT2D eigenvalue weighted by Crippen LogP contribution is 2.28. The van der Waals surface area contributed by atoms with Crippen LogP contribution in [0.15, 0.2) is 36.4 Å². The molecular weight excluding hydrogens is 246 g/mol. The SMILES string of the molecule is Cc1cccc(Nc2ccc(Cl)cc2N)c1C#N. The van der Waals surface area contributed by atoms with Crippen LogP contribution in [0.2, 0.25) is 5.02 Å². The van der Waals surface area contributed by atoms with Crippen LogP contribution >= 0.6 is 11.6 Å². The van der Waals surface area contributed by atoms with E-state index in [0.29, 0.717) is 16.3 Å². The average molecular weight is 258 g/mol. The smallest absolute Gasteiger partial charge is 0.102 e. The summed E-state index contributed by atoms with van der Waals surface area (Å²) in [6.45, 7) is 1.90. The second kappa shape index (κ2) is 4.99. The lowest BCUT2D eigenvalue weighted by molar-refractivity contribution is 1.38. The summed E-state index contributed by atoms with van der Waals surface area (Å²) in [6, 6.07) is 13.0. The number of nitrogens with two attached hydrogens (primary N) is 1. The molecule has 0 amide bonds. The van der Waals surface area contributed by atoms with Gasteiger partial charge in [-0.15, -0.1) is 0 Å². The van der Waals surface area contributed by atoms with Crippen molar-refractivity contribution >= 4 is 28.7 Å². The van der Waals surface area contributed by atoms with Gasteiger partial charge in [0.25, 0.3) is 0 Å². The second-order valence-electron chi connectivity index (χ2n) is 3.97. The van der Waals surface area contributed by atoms with Crippen molar-refractivity contribution in [3.63, 3.8) is 0 Å². The Hall–Kier alpha value is -2.18. The first-order valence-corrected chi connectivity index (χ1v) is 5.81. The predicted octanol–water partition coefficient (Wildman–Crippen LogP) is 3.85. The third-order valence-electron chi connectivity index (χ3n) is 2.67. The Morgan fingerprint density at radius 3 is 2.67 bits per heavy atom. The van der Waals surface area contributed by atoms with Gasteiger partial charge in [0, 0.05) is 5.02 Å². The largest absolute Gasteiger partial charge is 0.397 e. The summed E-state index contributed by atoms with van der Waals surface area (Å²) in [6.07, 6.45) is 0. The van der Waals surface area contributed by atoms with Gasteiger partial charge in [0.05, 0.1) is 22.6 Å². The predicted molar refractivity (Wildman–Crippen MR) is 75.0 cm³/mol. The zero-order valence-corrected chi connectivity index (χ0v) is 10.6. The highest BCUT2D eigenvalue weighted by molar-refractivity contribution is 6.31. The van der Waals surface area contributed by atoms with Crippen molar-refractivity contribution in [2.24, 2.45) is 0 Å². The molecule has 2 aromatic rings. The molecule has 0 aliphatic carbocycles. The van der Waals surface area contributed by atoms with Gasteiger partial charge in [-0.05, 0) is 36.8 Å². The molecule has 3 nitrogen and oxygen atoms in total. The molecule has 0 unspecified atom stereocenters. The Labute approximate surface area is 111 Å². The molecule has 2 rings (SSSR count). The Morgan fingerprint density at radius 1 is 1.22 bits per heavy atom. The van der Waals surface area contributed by atoms with Crippen molar-refractivity contribution in [2.75, 3.05) is 11.1 Å². The Morgan fingerprint density at radius 2 is 2.00 bits per heavy atom. The minimum Gasteiger partial charge on any atom is -0.397 e. The van der Waals surface area contributed by atoms with Crippen LogP contribution in [0.25, 0.3) is 0 Å². The number of halogens is 1. The summed E-state index contributed by atoms with van der Waals surface area (Å²) in [5.74, 6) is 0. The van der Waals surface area contributed by atoms with Crippen molar-refractivity contribution in [2.45, 2.75) is 6.92 Å². The van der Waals surface area contributed by atoms with Gasteiger partial charge in [-0.2, -0.15) is 5.26 Å². The summed E-state index contributed by atoms with van der Waals surface area (Å²) in [4.78, 5) is 0. The molecule has 0 heterocycles. The summed E-state index contributed by atoms with van der Waals surface area (Å²) in [7, 11) is 0. The molecule has 0 saturated heterocycles. The van der Waals surface area contributed by atoms with Gasteiger partial charge in [-0.1, -0.05) is 23.7 Å². The zero-order valence-electron chi connectivity index (χ0n) is 9.87. The van der Waals surface area contributed by atoms with E-state index in [0.717, 1.165) is 16.9 Å². The Bertz CT molecular complexity index is 629. The number of benzene rings is 2. The molecule has 18 heavy (non-hydrogen) atoms. The maximum absolute atomic E-state index is 9.15.